The molecule has 0 aromatic carbocycles. The number of aromatic nitrogens is 2. The van der Waals surface area contributed by atoms with Crippen LogP contribution in [-0.2, 0) is 4.74 Å². The van der Waals surface area contributed by atoms with E-state index in [0.29, 0.717) is 6.61 Å². The van der Waals surface area contributed by atoms with Crippen LogP contribution in [0.25, 0.3) is 5.70 Å². The number of aliphatic hydroxyl groups excluding tert-OH is 1. The summed E-state index contributed by atoms with van der Waals surface area (Å²) in [6, 6.07) is 0. The Kier molecular flexibility index (Phi) is 2.17. The summed E-state index contributed by atoms with van der Waals surface area (Å²) in [5.74, 6) is 0. The zero-order valence-electron chi connectivity index (χ0n) is 8.34. The van der Waals surface area contributed by atoms with Gasteiger partial charge in [0.25, 0.3) is 0 Å². The minimum atomic E-state index is -0.575. The van der Waals surface area contributed by atoms with Crippen molar-refractivity contribution >= 4 is 5.70 Å². The fourth-order valence-electron chi connectivity index (χ4n) is 1.37. The van der Waals surface area contributed by atoms with Crippen LogP contribution >= 0.6 is 0 Å². The molecule has 4 nitrogen and oxygen atoms in total. The van der Waals surface area contributed by atoms with Gasteiger partial charge in [-0.2, -0.15) is 0 Å². The van der Waals surface area contributed by atoms with Crippen molar-refractivity contribution in [2.75, 3.05) is 6.61 Å². The molecular weight excluding hydrogens is 180 g/mol. The maximum absolute atomic E-state index is 9.77. The highest BCUT2D eigenvalue weighted by Crippen LogP contribution is 2.24. The van der Waals surface area contributed by atoms with Gasteiger partial charge in [0.15, 0.2) is 0 Å². The monoisotopic (exact) mass is 194 g/mol. The predicted octanol–water partition coefficient (Wildman–Crippen LogP) is 0.894. The van der Waals surface area contributed by atoms with Crippen molar-refractivity contribution in [2.45, 2.75) is 25.6 Å². The molecule has 14 heavy (non-hydrogen) atoms. The average Bonchev–Trinajstić information content (AvgIpc) is 2.62. The van der Waals surface area contributed by atoms with E-state index in [1.807, 2.05) is 30.7 Å². The number of hydrogen-bond donors (Lipinski definition) is 1. The lowest BCUT2D eigenvalue weighted by Crippen LogP contribution is -2.41. The van der Waals surface area contributed by atoms with E-state index in [-0.39, 0.29) is 0 Å². The second-order valence-electron chi connectivity index (χ2n) is 3.96. The molecule has 0 saturated heterocycles. The summed E-state index contributed by atoms with van der Waals surface area (Å²) in [6.07, 6.45) is 6.46. The molecular formula is C10H14N2O2. The molecule has 1 unspecified atom stereocenters. The molecule has 0 radical (unpaired) electrons. The maximum Gasteiger partial charge on any atom is 0.103 e. The first kappa shape index (κ1) is 9.43. The molecule has 0 bridgehead atoms. The second-order valence-corrected chi connectivity index (χ2v) is 3.96. The smallest absolute Gasteiger partial charge is 0.103 e. The van der Waals surface area contributed by atoms with Crippen LogP contribution in [0.2, 0.25) is 0 Å². The number of nitrogens with zero attached hydrogens (tertiary/aromatic N) is 2. The summed E-state index contributed by atoms with van der Waals surface area (Å²) in [5, 5.41) is 9.77. The Morgan fingerprint density at radius 2 is 2.43 bits per heavy atom. The molecule has 0 saturated carbocycles. The van der Waals surface area contributed by atoms with Crippen LogP contribution in [0.3, 0.4) is 0 Å². The summed E-state index contributed by atoms with van der Waals surface area (Å²) in [6.45, 7) is 4.25. The van der Waals surface area contributed by atoms with E-state index in [4.69, 9.17) is 4.74 Å². The van der Waals surface area contributed by atoms with Crippen molar-refractivity contribution in [3.8, 4) is 0 Å². The van der Waals surface area contributed by atoms with Gasteiger partial charge in [0.1, 0.15) is 6.10 Å². The van der Waals surface area contributed by atoms with Gasteiger partial charge in [-0.25, -0.2) is 4.98 Å². The van der Waals surface area contributed by atoms with Crippen LogP contribution in [0.15, 0.2) is 24.8 Å². The van der Waals surface area contributed by atoms with E-state index < -0.39 is 11.7 Å². The largest absolute Gasteiger partial charge is 0.386 e. The van der Waals surface area contributed by atoms with E-state index in [1.165, 1.54) is 0 Å². The number of ether oxygens (including phenoxy) is 1. The minimum Gasteiger partial charge on any atom is -0.386 e. The molecule has 0 aliphatic carbocycles. The van der Waals surface area contributed by atoms with Crippen molar-refractivity contribution in [2.24, 2.45) is 0 Å². The molecule has 1 atom stereocenters. The van der Waals surface area contributed by atoms with Gasteiger partial charge in [0.05, 0.1) is 18.5 Å². The lowest BCUT2D eigenvalue weighted by molar-refractivity contribution is -0.0789. The SMILES string of the molecule is CC1(C)OCC(n2ccnc2)=CC1O. The molecule has 2 heterocycles. The summed E-state index contributed by atoms with van der Waals surface area (Å²) in [5.41, 5.74) is 0.429. The average molecular weight is 194 g/mol. The van der Waals surface area contributed by atoms with Gasteiger partial charge in [0, 0.05) is 18.1 Å². The molecule has 1 aliphatic heterocycles. The summed E-state index contributed by atoms with van der Waals surface area (Å²) in [7, 11) is 0. The van der Waals surface area contributed by atoms with E-state index >= 15 is 0 Å². The zero-order chi connectivity index (χ0) is 10.2. The van der Waals surface area contributed by atoms with E-state index in [1.54, 1.807) is 12.5 Å². The first-order valence-electron chi connectivity index (χ1n) is 4.60. The van der Waals surface area contributed by atoms with Crippen molar-refractivity contribution in [3.63, 3.8) is 0 Å². The van der Waals surface area contributed by atoms with Gasteiger partial charge < -0.3 is 14.4 Å². The highest BCUT2D eigenvalue weighted by atomic mass is 16.5. The predicted molar refractivity (Wildman–Crippen MR) is 52.5 cm³/mol. The Hall–Kier alpha value is -1.13. The van der Waals surface area contributed by atoms with Gasteiger partial charge in [-0.05, 0) is 19.9 Å². The lowest BCUT2D eigenvalue weighted by Gasteiger charge is -2.34. The van der Waals surface area contributed by atoms with Crippen molar-refractivity contribution in [3.05, 3.63) is 24.8 Å². The molecule has 76 valence electrons. The quantitative estimate of drug-likeness (QED) is 0.722. The molecule has 0 amide bonds. The Balaban J connectivity index is 2.25. The first-order chi connectivity index (χ1) is 6.59. The van der Waals surface area contributed by atoms with Crippen molar-refractivity contribution in [1.29, 1.82) is 0 Å². The number of imidazole rings is 1. The molecule has 1 aliphatic rings. The normalized spacial score (nSPS) is 25.9. The summed E-state index contributed by atoms with van der Waals surface area (Å²) < 4.78 is 7.39. The third-order valence-electron chi connectivity index (χ3n) is 2.49. The first-order valence-corrected chi connectivity index (χ1v) is 4.60. The Morgan fingerprint density at radius 3 is 3.00 bits per heavy atom. The van der Waals surface area contributed by atoms with Crippen molar-refractivity contribution in [1.82, 2.24) is 9.55 Å². The lowest BCUT2D eigenvalue weighted by atomic mass is 9.98. The maximum atomic E-state index is 9.77. The van der Waals surface area contributed by atoms with E-state index in [9.17, 15) is 5.11 Å². The Morgan fingerprint density at radius 1 is 1.64 bits per heavy atom. The molecule has 1 aromatic heterocycles. The molecule has 4 heteroatoms. The van der Waals surface area contributed by atoms with Gasteiger partial charge in [-0.3, -0.25) is 0 Å². The minimum absolute atomic E-state index is 0.496. The van der Waals surface area contributed by atoms with Gasteiger partial charge in [0.2, 0.25) is 0 Å². The van der Waals surface area contributed by atoms with Crippen LogP contribution in [0, 0.1) is 0 Å². The van der Waals surface area contributed by atoms with Gasteiger partial charge in [-0.15, -0.1) is 0 Å². The topological polar surface area (TPSA) is 47.3 Å². The third kappa shape index (κ3) is 1.58. The molecule has 1 N–H and O–H groups in total. The number of hydrogen-bond acceptors (Lipinski definition) is 3. The highest BCUT2D eigenvalue weighted by molar-refractivity contribution is 5.48. The van der Waals surface area contributed by atoms with E-state index in [2.05, 4.69) is 4.98 Å². The van der Waals surface area contributed by atoms with Crippen LogP contribution in [0.1, 0.15) is 13.8 Å². The summed E-state index contributed by atoms with van der Waals surface area (Å²) >= 11 is 0. The summed E-state index contributed by atoms with van der Waals surface area (Å²) in [4.78, 5) is 3.94. The third-order valence-corrected chi connectivity index (χ3v) is 2.49. The zero-order valence-corrected chi connectivity index (χ0v) is 8.34. The van der Waals surface area contributed by atoms with Crippen LogP contribution in [0.4, 0.5) is 0 Å². The molecule has 1 aromatic rings. The van der Waals surface area contributed by atoms with E-state index in [0.717, 1.165) is 5.70 Å². The Labute approximate surface area is 82.8 Å². The fraction of sp³-hybridized carbons (Fsp3) is 0.500. The highest BCUT2D eigenvalue weighted by Gasteiger charge is 2.31. The van der Waals surface area contributed by atoms with Gasteiger partial charge in [-0.1, -0.05) is 0 Å². The Bertz CT molecular complexity index is 341. The second kappa shape index (κ2) is 3.22. The van der Waals surface area contributed by atoms with Crippen LogP contribution < -0.4 is 0 Å². The number of aliphatic hydroxyl groups is 1. The molecule has 2 rings (SSSR count). The molecule has 0 fully saturated rings. The van der Waals surface area contributed by atoms with Crippen molar-refractivity contribution < 1.29 is 9.84 Å². The van der Waals surface area contributed by atoms with Gasteiger partial charge >= 0.3 is 0 Å². The molecule has 0 spiro atoms. The van der Waals surface area contributed by atoms with Crippen LogP contribution in [-0.4, -0.2) is 33.0 Å². The number of rotatable bonds is 1. The van der Waals surface area contributed by atoms with Crippen LogP contribution in [0.5, 0.6) is 0 Å². The fourth-order valence-corrected chi connectivity index (χ4v) is 1.37. The standard InChI is InChI=1S/C10H14N2O2/c1-10(2)9(13)5-8(6-14-10)12-4-3-11-7-12/h3-5,7,9,13H,6H2,1-2H3.